The molecule has 4 nitrogen and oxygen atoms in total. The Kier molecular flexibility index (Phi) is 5.05. The predicted molar refractivity (Wildman–Crippen MR) is 75.4 cm³/mol. The number of aliphatic imine (C=N–C) groups is 1. The highest BCUT2D eigenvalue weighted by molar-refractivity contribution is 14.0. The van der Waals surface area contributed by atoms with Crippen molar-refractivity contribution in [2.24, 2.45) is 4.99 Å². The normalized spacial score (nSPS) is 13.1. The van der Waals surface area contributed by atoms with Crippen LogP contribution in [0.3, 0.4) is 0 Å². The van der Waals surface area contributed by atoms with Gasteiger partial charge in [0.25, 0.3) is 0 Å². The van der Waals surface area contributed by atoms with Gasteiger partial charge in [-0.25, -0.2) is 0 Å². The number of rotatable bonds is 3. The molecule has 0 bridgehead atoms. The Morgan fingerprint density at radius 3 is 2.69 bits per heavy atom. The molecule has 84 valence electrons. The van der Waals surface area contributed by atoms with Crippen LogP contribution in [0, 0.1) is 11.3 Å². The lowest BCUT2D eigenvalue weighted by Crippen LogP contribution is -2.26. The van der Waals surface area contributed by atoms with Crippen molar-refractivity contribution < 1.29 is 0 Å². The molecule has 0 aromatic heterocycles. The maximum atomic E-state index is 8.63. The summed E-state index contributed by atoms with van der Waals surface area (Å²) < 4.78 is 0. The van der Waals surface area contributed by atoms with Gasteiger partial charge in [-0.3, -0.25) is 4.99 Å². The van der Waals surface area contributed by atoms with E-state index in [0.717, 1.165) is 24.6 Å². The minimum absolute atomic E-state index is 0. The van der Waals surface area contributed by atoms with Crippen molar-refractivity contribution in [3.63, 3.8) is 0 Å². The van der Waals surface area contributed by atoms with E-state index >= 15 is 0 Å². The molecule has 0 spiro atoms. The lowest BCUT2D eigenvalue weighted by atomic mass is 10.2. The van der Waals surface area contributed by atoms with E-state index in [2.05, 4.69) is 21.7 Å². The summed E-state index contributed by atoms with van der Waals surface area (Å²) in [5, 5.41) is 15.1. The lowest BCUT2D eigenvalue weighted by Gasteiger charge is -2.06. The van der Waals surface area contributed by atoms with Gasteiger partial charge in [0.15, 0.2) is 0 Å². The van der Waals surface area contributed by atoms with Gasteiger partial charge >= 0.3 is 0 Å². The Bertz CT molecular complexity index is 405. The van der Waals surface area contributed by atoms with Crippen LogP contribution >= 0.6 is 24.0 Å². The summed E-state index contributed by atoms with van der Waals surface area (Å²) in [6.45, 7) is 2.51. The van der Waals surface area contributed by atoms with E-state index in [4.69, 9.17) is 5.26 Å². The molecular weight excluding hydrogens is 315 g/mol. The highest BCUT2D eigenvalue weighted by atomic mass is 127. The van der Waals surface area contributed by atoms with E-state index in [1.807, 2.05) is 12.1 Å². The number of nitriles is 1. The van der Waals surface area contributed by atoms with Crippen LogP contribution in [-0.2, 0) is 0 Å². The third kappa shape index (κ3) is 3.38. The van der Waals surface area contributed by atoms with Crippen molar-refractivity contribution in [2.45, 2.75) is 0 Å². The SMILES string of the molecule is I.N#Cc1ccc(NCC2=NCCN2)cc1. The Morgan fingerprint density at radius 1 is 1.38 bits per heavy atom. The molecule has 0 fully saturated rings. The second-order valence-corrected chi connectivity index (χ2v) is 3.30. The number of hydrogen-bond acceptors (Lipinski definition) is 4. The van der Waals surface area contributed by atoms with Crippen LogP contribution in [0.4, 0.5) is 5.69 Å². The third-order valence-electron chi connectivity index (χ3n) is 2.22. The van der Waals surface area contributed by atoms with Crippen LogP contribution in [-0.4, -0.2) is 25.5 Å². The van der Waals surface area contributed by atoms with Crippen molar-refractivity contribution >= 4 is 35.5 Å². The maximum absolute atomic E-state index is 8.63. The molecule has 2 N–H and O–H groups in total. The molecular formula is C11H13IN4. The van der Waals surface area contributed by atoms with Crippen molar-refractivity contribution in [1.29, 1.82) is 5.26 Å². The molecule has 0 atom stereocenters. The molecule has 1 aliphatic rings. The van der Waals surface area contributed by atoms with Gasteiger partial charge in [0.2, 0.25) is 0 Å². The fourth-order valence-corrected chi connectivity index (χ4v) is 1.41. The number of hydrogen-bond donors (Lipinski definition) is 2. The standard InChI is InChI=1S/C11H12N4.HI/c12-7-9-1-3-10(4-2-9)15-8-11-13-5-6-14-11;/h1-4,15H,5-6,8H2,(H,13,14);1H. The number of nitrogens with one attached hydrogen (secondary N) is 2. The third-order valence-corrected chi connectivity index (χ3v) is 2.22. The van der Waals surface area contributed by atoms with Gasteiger partial charge in [-0.1, -0.05) is 0 Å². The van der Waals surface area contributed by atoms with Crippen LogP contribution in [0.1, 0.15) is 5.56 Å². The Morgan fingerprint density at radius 2 is 2.12 bits per heavy atom. The van der Waals surface area contributed by atoms with E-state index < -0.39 is 0 Å². The zero-order chi connectivity index (χ0) is 10.5. The molecule has 0 saturated heterocycles. The average molecular weight is 328 g/mol. The molecule has 5 heteroatoms. The average Bonchev–Trinajstić information content (AvgIpc) is 2.80. The maximum Gasteiger partial charge on any atom is 0.116 e. The number of anilines is 1. The predicted octanol–water partition coefficient (Wildman–Crippen LogP) is 1.59. The molecule has 16 heavy (non-hydrogen) atoms. The van der Waals surface area contributed by atoms with E-state index in [1.54, 1.807) is 12.1 Å². The van der Waals surface area contributed by atoms with Gasteiger partial charge < -0.3 is 10.6 Å². The summed E-state index contributed by atoms with van der Waals surface area (Å²) in [6, 6.07) is 9.48. The van der Waals surface area contributed by atoms with Gasteiger partial charge in [-0.05, 0) is 24.3 Å². The Labute approximate surface area is 112 Å². The van der Waals surface area contributed by atoms with Crippen molar-refractivity contribution in [1.82, 2.24) is 5.32 Å². The molecule has 1 aromatic carbocycles. The van der Waals surface area contributed by atoms with Crippen LogP contribution in [0.2, 0.25) is 0 Å². The first kappa shape index (κ1) is 12.8. The quantitative estimate of drug-likeness (QED) is 0.829. The monoisotopic (exact) mass is 328 g/mol. The molecule has 0 aliphatic carbocycles. The smallest absolute Gasteiger partial charge is 0.116 e. The summed E-state index contributed by atoms with van der Waals surface area (Å²) in [5.74, 6) is 0.999. The lowest BCUT2D eigenvalue weighted by molar-refractivity contribution is 0.956. The fraction of sp³-hybridized carbons (Fsp3) is 0.273. The Hall–Kier alpha value is -1.29. The second kappa shape index (κ2) is 6.33. The molecule has 0 amide bonds. The van der Waals surface area contributed by atoms with Crippen molar-refractivity contribution in [3.05, 3.63) is 29.8 Å². The van der Waals surface area contributed by atoms with Crippen LogP contribution < -0.4 is 10.6 Å². The van der Waals surface area contributed by atoms with Gasteiger partial charge in [0.1, 0.15) is 5.84 Å². The minimum Gasteiger partial charge on any atom is -0.378 e. The summed E-state index contributed by atoms with van der Waals surface area (Å²) in [7, 11) is 0. The summed E-state index contributed by atoms with van der Waals surface area (Å²) in [6.07, 6.45) is 0. The fourth-order valence-electron chi connectivity index (χ4n) is 1.41. The largest absolute Gasteiger partial charge is 0.378 e. The minimum atomic E-state index is 0. The van der Waals surface area contributed by atoms with E-state index in [0.29, 0.717) is 12.1 Å². The molecule has 2 rings (SSSR count). The summed E-state index contributed by atoms with van der Waals surface area (Å²) >= 11 is 0. The number of halogens is 1. The summed E-state index contributed by atoms with van der Waals surface area (Å²) in [4.78, 5) is 4.28. The van der Waals surface area contributed by atoms with Gasteiger partial charge in [-0.15, -0.1) is 24.0 Å². The molecule has 1 heterocycles. The van der Waals surface area contributed by atoms with Gasteiger partial charge in [-0.2, -0.15) is 5.26 Å². The zero-order valence-electron chi connectivity index (χ0n) is 8.73. The topological polar surface area (TPSA) is 60.2 Å². The van der Waals surface area contributed by atoms with Crippen LogP contribution in [0.5, 0.6) is 0 Å². The highest BCUT2D eigenvalue weighted by Gasteiger charge is 2.03. The summed E-state index contributed by atoms with van der Waals surface area (Å²) in [5.41, 5.74) is 1.68. The van der Waals surface area contributed by atoms with Gasteiger partial charge in [0, 0.05) is 12.2 Å². The van der Waals surface area contributed by atoms with Crippen molar-refractivity contribution in [2.75, 3.05) is 25.0 Å². The molecule has 0 saturated carbocycles. The Balaban J connectivity index is 0.00000128. The van der Waals surface area contributed by atoms with Gasteiger partial charge in [0.05, 0.1) is 24.7 Å². The number of benzene rings is 1. The zero-order valence-corrected chi connectivity index (χ0v) is 11.1. The highest BCUT2D eigenvalue weighted by Crippen LogP contribution is 2.08. The van der Waals surface area contributed by atoms with E-state index in [9.17, 15) is 0 Å². The van der Waals surface area contributed by atoms with E-state index in [-0.39, 0.29) is 24.0 Å². The molecule has 1 aromatic rings. The first-order valence-electron chi connectivity index (χ1n) is 4.90. The molecule has 1 aliphatic heterocycles. The first-order chi connectivity index (χ1) is 7.38. The van der Waals surface area contributed by atoms with Crippen LogP contribution in [0.25, 0.3) is 0 Å². The number of amidine groups is 1. The van der Waals surface area contributed by atoms with Crippen molar-refractivity contribution in [3.8, 4) is 6.07 Å². The van der Waals surface area contributed by atoms with Crippen LogP contribution in [0.15, 0.2) is 29.3 Å². The number of nitrogens with zero attached hydrogens (tertiary/aromatic N) is 2. The second-order valence-electron chi connectivity index (χ2n) is 3.30. The van der Waals surface area contributed by atoms with E-state index in [1.165, 1.54) is 0 Å². The first-order valence-corrected chi connectivity index (χ1v) is 4.90. The molecule has 0 radical (unpaired) electrons. The molecule has 0 unspecified atom stereocenters.